The molecule has 0 radical (unpaired) electrons. The number of allylic oxidation sites excluding steroid dienone is 8. The van der Waals surface area contributed by atoms with Crippen LogP contribution in [0.4, 0.5) is 0 Å². The number of hydrogen-bond donors (Lipinski definition) is 0. The van der Waals surface area contributed by atoms with Gasteiger partial charge in [-0.3, -0.25) is 0 Å². The molecular formula is C26H34N2O2. The van der Waals surface area contributed by atoms with Crippen LogP contribution < -0.4 is 0 Å². The summed E-state index contributed by atoms with van der Waals surface area (Å²) in [7, 11) is 0. The summed E-state index contributed by atoms with van der Waals surface area (Å²) in [6.07, 6.45) is 14.5. The third-order valence-corrected chi connectivity index (χ3v) is 4.43. The normalized spacial score (nSPS) is 16.3. The van der Waals surface area contributed by atoms with Gasteiger partial charge in [0.05, 0.1) is 0 Å². The monoisotopic (exact) mass is 406 g/mol. The number of fused-ring (bicyclic) bond motifs is 2. The topological polar surface area (TPSA) is 52.1 Å². The van der Waals surface area contributed by atoms with Crippen LogP contribution in [0.2, 0.25) is 0 Å². The van der Waals surface area contributed by atoms with Crippen molar-refractivity contribution in [1.82, 2.24) is 9.97 Å². The molecule has 0 saturated carbocycles. The van der Waals surface area contributed by atoms with Crippen molar-refractivity contribution in [3.63, 3.8) is 0 Å². The zero-order valence-electron chi connectivity index (χ0n) is 19.3. The maximum atomic E-state index is 5.98. The molecule has 1 aliphatic rings. The molecule has 0 aliphatic heterocycles. The molecule has 1 unspecified atom stereocenters. The highest BCUT2D eigenvalue weighted by Gasteiger charge is 2.16. The summed E-state index contributed by atoms with van der Waals surface area (Å²) in [6, 6.07) is 3.81. The molecule has 160 valence electrons. The van der Waals surface area contributed by atoms with Crippen LogP contribution in [-0.4, -0.2) is 9.97 Å². The highest BCUT2D eigenvalue weighted by atomic mass is 16.4. The second-order valence-electron chi connectivity index (χ2n) is 6.63. The Hall–Kier alpha value is -2.88. The van der Waals surface area contributed by atoms with E-state index < -0.39 is 0 Å². The van der Waals surface area contributed by atoms with E-state index in [9.17, 15) is 0 Å². The Morgan fingerprint density at radius 1 is 1.07 bits per heavy atom. The Labute approximate surface area is 180 Å². The van der Waals surface area contributed by atoms with Crippen molar-refractivity contribution in [1.29, 1.82) is 0 Å². The van der Waals surface area contributed by atoms with Crippen LogP contribution >= 0.6 is 0 Å². The number of benzene rings is 1. The molecule has 0 spiro atoms. The van der Waals surface area contributed by atoms with Crippen molar-refractivity contribution in [2.24, 2.45) is 5.92 Å². The van der Waals surface area contributed by atoms with Crippen molar-refractivity contribution in [2.75, 3.05) is 0 Å². The van der Waals surface area contributed by atoms with Crippen LogP contribution in [0.1, 0.15) is 73.1 Å². The first kappa shape index (κ1) is 23.4. The number of oxazole rings is 2. The average Bonchev–Trinajstić information content (AvgIpc) is 3.38. The molecular weight excluding hydrogens is 372 g/mol. The van der Waals surface area contributed by atoms with E-state index in [1.165, 1.54) is 0 Å². The second-order valence-corrected chi connectivity index (χ2v) is 6.63. The molecule has 1 atom stereocenters. The SMILES string of the molecule is C/C=C\C(=C/CC)c1nc2cc3nc(C4=CC(C)CC=C4)oc3cc2o1.CC.CC. The fourth-order valence-corrected chi connectivity index (χ4v) is 3.21. The van der Waals surface area contributed by atoms with Gasteiger partial charge in [0.1, 0.15) is 11.0 Å². The first-order valence-corrected chi connectivity index (χ1v) is 11.1. The van der Waals surface area contributed by atoms with Gasteiger partial charge in [0.25, 0.3) is 0 Å². The molecule has 4 rings (SSSR count). The molecule has 0 N–H and O–H groups in total. The van der Waals surface area contributed by atoms with E-state index in [-0.39, 0.29) is 0 Å². The minimum atomic E-state index is 0.501. The van der Waals surface area contributed by atoms with E-state index in [1.54, 1.807) is 0 Å². The van der Waals surface area contributed by atoms with Crippen LogP contribution in [0.3, 0.4) is 0 Å². The lowest BCUT2D eigenvalue weighted by molar-refractivity contribution is 0.574. The largest absolute Gasteiger partial charge is 0.436 e. The van der Waals surface area contributed by atoms with Crippen LogP contribution in [-0.2, 0) is 0 Å². The van der Waals surface area contributed by atoms with Gasteiger partial charge < -0.3 is 8.83 Å². The molecule has 1 aliphatic carbocycles. The molecule has 1 aromatic carbocycles. The lowest BCUT2D eigenvalue weighted by Gasteiger charge is -2.08. The summed E-state index contributed by atoms with van der Waals surface area (Å²) in [5.41, 5.74) is 5.04. The minimum Gasteiger partial charge on any atom is -0.436 e. The van der Waals surface area contributed by atoms with Crippen LogP contribution in [0.25, 0.3) is 33.3 Å². The summed E-state index contributed by atoms with van der Waals surface area (Å²) in [5.74, 6) is 1.77. The third-order valence-electron chi connectivity index (χ3n) is 4.43. The maximum Gasteiger partial charge on any atom is 0.226 e. The van der Waals surface area contributed by atoms with Gasteiger partial charge >= 0.3 is 0 Å². The molecule has 30 heavy (non-hydrogen) atoms. The van der Waals surface area contributed by atoms with Gasteiger partial charge in [-0.1, -0.05) is 78.0 Å². The van der Waals surface area contributed by atoms with Crippen molar-refractivity contribution in [3.8, 4) is 0 Å². The summed E-state index contributed by atoms with van der Waals surface area (Å²) in [5, 5.41) is 0. The summed E-state index contributed by atoms with van der Waals surface area (Å²) < 4.78 is 11.9. The lowest BCUT2D eigenvalue weighted by Crippen LogP contribution is -1.94. The molecule has 4 heteroatoms. The fraction of sp³-hybridized carbons (Fsp3) is 0.385. The predicted molar refractivity (Wildman–Crippen MR) is 128 cm³/mol. The van der Waals surface area contributed by atoms with Gasteiger partial charge in [-0.15, -0.1) is 0 Å². The van der Waals surface area contributed by atoms with Crippen LogP contribution in [0.15, 0.2) is 57.4 Å². The maximum absolute atomic E-state index is 5.98. The first-order chi connectivity index (χ1) is 14.7. The summed E-state index contributed by atoms with van der Waals surface area (Å²) in [6.45, 7) is 14.3. The Bertz CT molecular complexity index is 973. The van der Waals surface area contributed by atoms with Gasteiger partial charge in [-0.25, -0.2) is 9.97 Å². The van der Waals surface area contributed by atoms with Gasteiger partial charge in [0.2, 0.25) is 11.8 Å². The lowest BCUT2D eigenvalue weighted by atomic mass is 9.98. The van der Waals surface area contributed by atoms with E-state index in [4.69, 9.17) is 8.83 Å². The number of rotatable bonds is 4. The molecule has 0 saturated heterocycles. The second kappa shape index (κ2) is 11.3. The van der Waals surface area contributed by atoms with Crippen molar-refractivity contribution in [3.05, 3.63) is 60.4 Å². The van der Waals surface area contributed by atoms with Crippen molar-refractivity contribution < 1.29 is 8.83 Å². The number of aromatic nitrogens is 2. The van der Waals surface area contributed by atoms with Gasteiger partial charge in [-0.05, 0) is 31.7 Å². The summed E-state index contributed by atoms with van der Waals surface area (Å²) in [4.78, 5) is 9.29. The standard InChI is InChI=1S/C22H22N2O2.2C2H6/c1-4-7-15(8-5-2)21-23-17-12-18-20(13-19(17)25-21)26-22(24-18)16-10-6-9-14(3)11-16;2*1-2/h4,6-8,10-14H,5,9H2,1-3H3;2*1-2H3/b7-4-,15-8+;;. The summed E-state index contributed by atoms with van der Waals surface area (Å²) >= 11 is 0. The minimum absolute atomic E-state index is 0.501. The van der Waals surface area contributed by atoms with E-state index in [0.29, 0.717) is 23.3 Å². The zero-order chi connectivity index (χ0) is 22.1. The van der Waals surface area contributed by atoms with Crippen molar-refractivity contribution in [2.45, 2.75) is 61.3 Å². The number of nitrogens with zero attached hydrogens (tertiary/aromatic N) is 2. The van der Waals surface area contributed by atoms with E-state index in [2.05, 4.69) is 48.1 Å². The zero-order valence-corrected chi connectivity index (χ0v) is 19.3. The van der Waals surface area contributed by atoms with E-state index >= 15 is 0 Å². The Balaban J connectivity index is 0.000000757. The predicted octanol–water partition coefficient (Wildman–Crippen LogP) is 8.37. The van der Waals surface area contributed by atoms with Crippen molar-refractivity contribution >= 4 is 33.3 Å². The molecule has 0 amide bonds. The van der Waals surface area contributed by atoms with Crippen LogP contribution in [0, 0.1) is 5.92 Å². The van der Waals surface area contributed by atoms with Gasteiger partial charge in [-0.2, -0.15) is 0 Å². The molecule has 4 nitrogen and oxygen atoms in total. The smallest absolute Gasteiger partial charge is 0.226 e. The third kappa shape index (κ3) is 5.18. The molecule has 3 aromatic rings. The molecule has 0 bridgehead atoms. The van der Waals surface area contributed by atoms with Gasteiger partial charge in [0, 0.05) is 17.2 Å². The first-order valence-electron chi connectivity index (χ1n) is 11.1. The van der Waals surface area contributed by atoms with Gasteiger partial charge in [0.15, 0.2) is 11.2 Å². The fourth-order valence-electron chi connectivity index (χ4n) is 3.21. The quantitative estimate of drug-likeness (QED) is 0.408. The molecule has 0 fully saturated rings. The number of hydrogen-bond acceptors (Lipinski definition) is 4. The van der Waals surface area contributed by atoms with Crippen LogP contribution in [0.5, 0.6) is 0 Å². The Kier molecular flexibility index (Phi) is 8.85. The van der Waals surface area contributed by atoms with E-state index in [0.717, 1.165) is 40.6 Å². The highest BCUT2D eigenvalue weighted by Crippen LogP contribution is 2.30. The highest BCUT2D eigenvalue weighted by molar-refractivity contribution is 5.91. The molecule has 2 aromatic heterocycles. The average molecular weight is 407 g/mol. The Morgan fingerprint density at radius 3 is 2.43 bits per heavy atom. The Morgan fingerprint density at radius 2 is 1.77 bits per heavy atom. The molecule has 2 heterocycles. The van der Waals surface area contributed by atoms with E-state index in [1.807, 2.05) is 58.9 Å².